The Kier molecular flexibility index (Phi) is 5.86. The van der Waals surface area contributed by atoms with Gasteiger partial charge in [-0.2, -0.15) is 0 Å². The summed E-state index contributed by atoms with van der Waals surface area (Å²) >= 11 is 5.12. The lowest BCUT2D eigenvalue weighted by Gasteiger charge is -2.16. The molecular weight excluding hydrogens is 314 g/mol. The van der Waals surface area contributed by atoms with Crippen LogP contribution in [0.1, 0.15) is 38.3 Å². The molecule has 0 fully saturated rings. The number of aromatic nitrogens is 4. The Morgan fingerprint density at radius 1 is 1.57 bits per heavy atom. The van der Waals surface area contributed by atoms with Gasteiger partial charge in [-0.1, -0.05) is 6.92 Å². The molecule has 2 aromatic rings. The molecule has 0 saturated carbocycles. The van der Waals surface area contributed by atoms with Crippen molar-refractivity contribution in [3.05, 3.63) is 39.4 Å². The first-order valence-corrected chi connectivity index (χ1v) is 7.98. The highest BCUT2D eigenvalue weighted by atomic mass is 32.1. The Bertz CT molecular complexity index is 776. The number of aliphatic imine (C=N–C) groups is 1. The number of nitrogens with one attached hydrogen (secondary N) is 1. The summed E-state index contributed by atoms with van der Waals surface area (Å²) in [6, 6.07) is -0.00672. The van der Waals surface area contributed by atoms with E-state index in [1.54, 1.807) is 17.1 Å². The summed E-state index contributed by atoms with van der Waals surface area (Å²) in [7, 11) is 0. The molecule has 0 aliphatic carbocycles. The van der Waals surface area contributed by atoms with Gasteiger partial charge in [-0.3, -0.25) is 19.3 Å². The molecule has 2 aromatic heterocycles. The van der Waals surface area contributed by atoms with Crippen LogP contribution in [0.2, 0.25) is 0 Å². The van der Waals surface area contributed by atoms with Crippen molar-refractivity contribution in [3.63, 3.8) is 0 Å². The minimum Gasteiger partial charge on any atom is -0.494 e. The number of aryl methyl sites for hydroxylation is 1. The first-order chi connectivity index (χ1) is 11.0. The van der Waals surface area contributed by atoms with E-state index in [9.17, 15) is 9.90 Å². The van der Waals surface area contributed by atoms with Gasteiger partial charge in [0.05, 0.1) is 6.33 Å². The Balaban J connectivity index is 2.11. The van der Waals surface area contributed by atoms with Gasteiger partial charge in [-0.15, -0.1) is 0 Å². The van der Waals surface area contributed by atoms with Crippen LogP contribution < -0.4 is 5.56 Å². The van der Waals surface area contributed by atoms with E-state index in [0.717, 1.165) is 19.4 Å². The first-order valence-electron chi connectivity index (χ1n) is 7.58. The maximum atomic E-state index is 12.0. The van der Waals surface area contributed by atoms with Gasteiger partial charge >= 0.3 is 0 Å². The molecule has 8 heteroatoms. The second-order valence-corrected chi connectivity index (χ2v) is 5.70. The number of aromatic hydroxyl groups is 1. The molecule has 0 spiro atoms. The lowest BCUT2D eigenvalue weighted by atomic mass is 10.2. The van der Waals surface area contributed by atoms with Crippen molar-refractivity contribution in [2.75, 3.05) is 6.54 Å². The van der Waals surface area contributed by atoms with E-state index in [4.69, 9.17) is 12.2 Å². The third kappa shape index (κ3) is 4.16. The van der Waals surface area contributed by atoms with Gasteiger partial charge in [0.2, 0.25) is 5.88 Å². The third-order valence-corrected chi connectivity index (χ3v) is 3.97. The molecule has 2 rings (SSSR count). The number of nitrogens with zero attached hydrogens (tertiary/aromatic N) is 4. The molecule has 124 valence electrons. The van der Waals surface area contributed by atoms with Crippen LogP contribution in [-0.4, -0.2) is 37.0 Å². The molecule has 0 bridgehead atoms. The summed E-state index contributed by atoms with van der Waals surface area (Å²) in [5, 5.41) is 10.3. The molecule has 0 radical (unpaired) electrons. The van der Waals surface area contributed by atoms with Gasteiger partial charge in [0.15, 0.2) is 4.77 Å². The van der Waals surface area contributed by atoms with Crippen LogP contribution in [0.5, 0.6) is 5.88 Å². The average molecular weight is 335 g/mol. The first kappa shape index (κ1) is 17.1. The van der Waals surface area contributed by atoms with Gasteiger partial charge in [0, 0.05) is 37.7 Å². The normalized spacial score (nSPS) is 12.8. The number of hydrogen-bond donors (Lipinski definition) is 2. The van der Waals surface area contributed by atoms with E-state index in [-0.39, 0.29) is 22.3 Å². The van der Waals surface area contributed by atoms with Crippen molar-refractivity contribution >= 4 is 18.4 Å². The maximum absolute atomic E-state index is 12.0. The SMILES string of the molecule is CCC(C)n1c(O)c(C=NCCCn2ccnc2)c(=O)[nH]c1=S. The fourth-order valence-electron chi connectivity index (χ4n) is 2.18. The minimum atomic E-state index is -0.426. The quantitative estimate of drug-likeness (QED) is 0.462. The van der Waals surface area contributed by atoms with Crippen LogP contribution in [0.4, 0.5) is 0 Å². The van der Waals surface area contributed by atoms with Crippen LogP contribution in [0.3, 0.4) is 0 Å². The minimum absolute atomic E-state index is 0.00672. The van der Waals surface area contributed by atoms with Crippen molar-refractivity contribution < 1.29 is 5.11 Å². The summed E-state index contributed by atoms with van der Waals surface area (Å²) < 4.78 is 3.73. The highest BCUT2D eigenvalue weighted by molar-refractivity contribution is 7.71. The van der Waals surface area contributed by atoms with Crippen molar-refractivity contribution in [1.82, 2.24) is 19.1 Å². The highest BCUT2D eigenvalue weighted by Crippen LogP contribution is 2.19. The molecule has 2 heterocycles. The van der Waals surface area contributed by atoms with E-state index < -0.39 is 5.56 Å². The van der Waals surface area contributed by atoms with E-state index in [2.05, 4.69) is 15.0 Å². The zero-order valence-electron chi connectivity index (χ0n) is 13.3. The predicted molar refractivity (Wildman–Crippen MR) is 91.9 cm³/mol. The number of rotatable bonds is 7. The number of aromatic amines is 1. The molecule has 0 saturated heterocycles. The predicted octanol–water partition coefficient (Wildman–Crippen LogP) is 2.29. The van der Waals surface area contributed by atoms with E-state index >= 15 is 0 Å². The molecule has 1 atom stereocenters. The number of hydrogen-bond acceptors (Lipinski definition) is 5. The number of H-pyrrole nitrogens is 1. The lowest BCUT2D eigenvalue weighted by Crippen LogP contribution is -2.20. The highest BCUT2D eigenvalue weighted by Gasteiger charge is 2.14. The van der Waals surface area contributed by atoms with Crippen LogP contribution in [-0.2, 0) is 6.54 Å². The molecule has 0 amide bonds. The van der Waals surface area contributed by atoms with Crippen LogP contribution in [0.25, 0.3) is 0 Å². The molecular formula is C15H21N5O2S. The topological polar surface area (TPSA) is 88.2 Å². The molecule has 0 aliphatic rings. The van der Waals surface area contributed by atoms with Crippen molar-refractivity contribution in [1.29, 1.82) is 0 Å². The molecule has 7 nitrogen and oxygen atoms in total. The van der Waals surface area contributed by atoms with E-state index in [1.165, 1.54) is 6.21 Å². The zero-order chi connectivity index (χ0) is 16.8. The van der Waals surface area contributed by atoms with Gasteiger partial charge in [0.25, 0.3) is 5.56 Å². The second kappa shape index (κ2) is 7.87. The smallest absolute Gasteiger partial charge is 0.264 e. The molecule has 0 aliphatic heterocycles. The molecule has 1 unspecified atom stereocenters. The summed E-state index contributed by atoms with van der Waals surface area (Å²) in [4.78, 5) is 22.8. The summed E-state index contributed by atoms with van der Waals surface area (Å²) in [5.74, 6) is -0.133. The van der Waals surface area contributed by atoms with Crippen molar-refractivity contribution in [2.24, 2.45) is 4.99 Å². The Morgan fingerprint density at radius 3 is 3.00 bits per heavy atom. The maximum Gasteiger partial charge on any atom is 0.264 e. The lowest BCUT2D eigenvalue weighted by molar-refractivity contribution is 0.371. The largest absolute Gasteiger partial charge is 0.494 e. The second-order valence-electron chi connectivity index (χ2n) is 5.31. The molecule has 2 N–H and O–H groups in total. The van der Waals surface area contributed by atoms with Gasteiger partial charge in [0.1, 0.15) is 5.56 Å². The van der Waals surface area contributed by atoms with Gasteiger partial charge in [-0.25, -0.2) is 4.98 Å². The molecule has 0 aromatic carbocycles. The van der Waals surface area contributed by atoms with Gasteiger partial charge < -0.3 is 9.67 Å². The van der Waals surface area contributed by atoms with Crippen LogP contribution in [0, 0.1) is 4.77 Å². The summed E-state index contributed by atoms with van der Waals surface area (Å²) in [5.41, 5.74) is -0.285. The van der Waals surface area contributed by atoms with Crippen LogP contribution in [0.15, 0.2) is 28.5 Å². The van der Waals surface area contributed by atoms with Crippen molar-refractivity contribution in [2.45, 2.75) is 39.3 Å². The van der Waals surface area contributed by atoms with Gasteiger partial charge in [-0.05, 0) is 32.0 Å². The van der Waals surface area contributed by atoms with E-state index in [0.29, 0.717) is 6.54 Å². The zero-order valence-corrected chi connectivity index (χ0v) is 14.1. The fourth-order valence-corrected chi connectivity index (χ4v) is 2.54. The Labute approximate surface area is 139 Å². The number of imidazole rings is 1. The average Bonchev–Trinajstić information content (AvgIpc) is 3.02. The molecule has 23 heavy (non-hydrogen) atoms. The summed E-state index contributed by atoms with van der Waals surface area (Å²) in [6.07, 6.45) is 8.38. The monoisotopic (exact) mass is 335 g/mol. The standard InChI is InChI=1S/C15H21N5O2S/c1-3-11(2)20-14(22)12(13(21)18-15(20)23)9-16-5-4-7-19-8-6-17-10-19/h6,8-11,22H,3-5,7H2,1-2H3,(H,18,21,23). The third-order valence-electron chi connectivity index (χ3n) is 3.67. The van der Waals surface area contributed by atoms with Crippen molar-refractivity contribution in [3.8, 4) is 5.88 Å². The van der Waals surface area contributed by atoms with Crippen LogP contribution >= 0.6 is 12.2 Å². The Morgan fingerprint density at radius 2 is 2.35 bits per heavy atom. The summed E-state index contributed by atoms with van der Waals surface area (Å²) in [6.45, 7) is 5.27. The Hall–Kier alpha value is -2.22. The van der Waals surface area contributed by atoms with E-state index in [1.807, 2.05) is 24.6 Å². The fraction of sp³-hybridized carbons (Fsp3) is 0.467.